The van der Waals surface area contributed by atoms with E-state index in [2.05, 4.69) is 10.6 Å². The van der Waals surface area contributed by atoms with Gasteiger partial charge in [-0.1, -0.05) is 27.7 Å². The van der Waals surface area contributed by atoms with Crippen molar-refractivity contribution in [3.05, 3.63) is 0 Å². The molecule has 3 N–H and O–H groups in total. The van der Waals surface area contributed by atoms with Gasteiger partial charge in [-0.3, -0.25) is 4.79 Å². The molecule has 0 spiro atoms. The number of rotatable bonds is 5. The molecule has 0 saturated carbocycles. The largest absolute Gasteiger partial charge is 0.480 e. The van der Waals surface area contributed by atoms with Crippen LogP contribution in [0, 0.1) is 5.41 Å². The second-order valence-electron chi connectivity index (χ2n) is 5.77. The molecule has 0 aliphatic heterocycles. The third kappa shape index (κ3) is 4.73. The number of nitrogens with one attached hydrogen (secondary N) is 2. The number of carbonyl (C=O) groups excluding carboxylic acids is 1. The van der Waals surface area contributed by atoms with Gasteiger partial charge in [0.15, 0.2) is 0 Å². The Kier molecular flexibility index (Phi) is 5.13. The SMILES string of the molecule is CCNC(C)(C)C(=O)NC(C(=O)O)C(C)(C)C. The lowest BCUT2D eigenvalue weighted by Crippen LogP contribution is -2.59. The van der Waals surface area contributed by atoms with Crippen LogP contribution in [0.25, 0.3) is 0 Å². The Morgan fingerprint density at radius 2 is 1.65 bits per heavy atom. The van der Waals surface area contributed by atoms with Gasteiger partial charge in [0.2, 0.25) is 5.91 Å². The van der Waals surface area contributed by atoms with Crippen LogP contribution in [0.5, 0.6) is 0 Å². The van der Waals surface area contributed by atoms with Crippen LogP contribution >= 0.6 is 0 Å². The summed E-state index contributed by atoms with van der Waals surface area (Å²) in [7, 11) is 0. The van der Waals surface area contributed by atoms with Gasteiger partial charge in [-0.2, -0.15) is 0 Å². The Balaban J connectivity index is 4.80. The molecule has 1 atom stereocenters. The Bertz CT molecular complexity index is 293. The molecule has 100 valence electrons. The van der Waals surface area contributed by atoms with Crippen molar-refractivity contribution in [1.82, 2.24) is 10.6 Å². The van der Waals surface area contributed by atoms with Crippen LogP contribution in [0.4, 0.5) is 0 Å². The van der Waals surface area contributed by atoms with Crippen LogP contribution < -0.4 is 10.6 Å². The van der Waals surface area contributed by atoms with E-state index < -0.39 is 23.0 Å². The molecule has 0 saturated heterocycles. The highest BCUT2D eigenvalue weighted by molar-refractivity contribution is 5.89. The maximum atomic E-state index is 12.0. The monoisotopic (exact) mass is 244 g/mol. The van der Waals surface area contributed by atoms with Gasteiger partial charge in [0.1, 0.15) is 6.04 Å². The second kappa shape index (κ2) is 5.49. The Morgan fingerprint density at radius 1 is 1.18 bits per heavy atom. The third-order valence-corrected chi connectivity index (χ3v) is 2.57. The molecule has 0 aliphatic carbocycles. The summed E-state index contributed by atoms with van der Waals surface area (Å²) >= 11 is 0. The zero-order chi connectivity index (χ0) is 13.9. The maximum Gasteiger partial charge on any atom is 0.326 e. The summed E-state index contributed by atoms with van der Waals surface area (Å²) in [5.41, 5.74) is -1.29. The first-order valence-corrected chi connectivity index (χ1v) is 5.81. The average Bonchev–Trinajstić information content (AvgIpc) is 2.10. The Hall–Kier alpha value is -1.10. The van der Waals surface area contributed by atoms with E-state index in [1.807, 2.05) is 6.92 Å². The molecule has 0 radical (unpaired) electrons. The van der Waals surface area contributed by atoms with Crippen LogP contribution in [0.2, 0.25) is 0 Å². The number of likely N-dealkylation sites (N-methyl/N-ethyl adjacent to an activating group) is 1. The van der Waals surface area contributed by atoms with E-state index in [9.17, 15) is 9.59 Å². The minimum Gasteiger partial charge on any atom is -0.480 e. The van der Waals surface area contributed by atoms with Crippen molar-refractivity contribution in [3.63, 3.8) is 0 Å². The van der Waals surface area contributed by atoms with Crippen LogP contribution in [-0.2, 0) is 9.59 Å². The molecule has 0 rings (SSSR count). The minimum atomic E-state index is -1.02. The van der Waals surface area contributed by atoms with E-state index >= 15 is 0 Å². The number of carboxylic acids is 1. The number of carboxylic acid groups (broad SMARTS) is 1. The summed E-state index contributed by atoms with van der Waals surface area (Å²) in [6.45, 7) is 11.4. The predicted octanol–water partition coefficient (Wildman–Crippen LogP) is 0.990. The third-order valence-electron chi connectivity index (χ3n) is 2.57. The fourth-order valence-electron chi connectivity index (χ4n) is 1.48. The van der Waals surface area contributed by atoms with Crippen molar-refractivity contribution < 1.29 is 14.7 Å². The molecule has 0 aromatic heterocycles. The average molecular weight is 244 g/mol. The standard InChI is InChI=1S/C12H24N2O3/c1-7-13-12(5,6)10(17)14-8(9(15)16)11(2,3)4/h8,13H,7H2,1-6H3,(H,14,17)(H,15,16). The van der Waals surface area contributed by atoms with E-state index in [4.69, 9.17) is 5.11 Å². The van der Waals surface area contributed by atoms with E-state index in [0.717, 1.165) is 0 Å². The molecule has 1 unspecified atom stereocenters. The van der Waals surface area contributed by atoms with E-state index in [1.165, 1.54) is 0 Å². The highest BCUT2D eigenvalue weighted by Crippen LogP contribution is 2.20. The zero-order valence-electron chi connectivity index (χ0n) is 11.5. The van der Waals surface area contributed by atoms with Gasteiger partial charge in [0, 0.05) is 0 Å². The van der Waals surface area contributed by atoms with Crippen molar-refractivity contribution in [2.75, 3.05) is 6.54 Å². The molecular weight excluding hydrogens is 220 g/mol. The molecule has 17 heavy (non-hydrogen) atoms. The van der Waals surface area contributed by atoms with Crippen LogP contribution in [0.3, 0.4) is 0 Å². The van der Waals surface area contributed by atoms with Gasteiger partial charge in [0.25, 0.3) is 0 Å². The van der Waals surface area contributed by atoms with Crippen LogP contribution in [-0.4, -0.2) is 35.1 Å². The molecular formula is C12H24N2O3. The summed E-state index contributed by atoms with van der Waals surface area (Å²) in [5, 5.41) is 14.7. The summed E-state index contributed by atoms with van der Waals surface area (Å²) in [6, 6.07) is -0.895. The highest BCUT2D eigenvalue weighted by Gasteiger charge is 2.36. The number of hydrogen-bond acceptors (Lipinski definition) is 3. The van der Waals surface area contributed by atoms with Crippen LogP contribution in [0.1, 0.15) is 41.5 Å². The van der Waals surface area contributed by atoms with E-state index in [0.29, 0.717) is 6.54 Å². The summed E-state index contributed by atoms with van der Waals surface area (Å²) < 4.78 is 0. The Labute approximate surface area is 103 Å². The summed E-state index contributed by atoms with van der Waals surface area (Å²) in [4.78, 5) is 23.1. The predicted molar refractivity (Wildman–Crippen MR) is 66.8 cm³/mol. The maximum absolute atomic E-state index is 12.0. The minimum absolute atomic E-state index is 0.304. The molecule has 0 heterocycles. The molecule has 0 fully saturated rings. The normalized spacial score (nSPS) is 14.2. The lowest BCUT2D eigenvalue weighted by atomic mass is 9.86. The Morgan fingerprint density at radius 3 is 1.94 bits per heavy atom. The van der Waals surface area contributed by atoms with Gasteiger partial charge in [-0.25, -0.2) is 4.79 Å². The van der Waals surface area contributed by atoms with Crippen molar-refractivity contribution in [3.8, 4) is 0 Å². The number of aliphatic carboxylic acids is 1. The van der Waals surface area contributed by atoms with Crippen molar-refractivity contribution in [2.45, 2.75) is 53.1 Å². The summed E-state index contributed by atoms with van der Waals surface area (Å²) in [6.07, 6.45) is 0. The quantitative estimate of drug-likeness (QED) is 0.674. The topological polar surface area (TPSA) is 78.4 Å². The molecule has 1 amide bonds. The number of amides is 1. The summed E-state index contributed by atoms with van der Waals surface area (Å²) in [5.74, 6) is -1.32. The molecule has 0 bridgehead atoms. The van der Waals surface area contributed by atoms with Gasteiger partial charge in [0.05, 0.1) is 5.54 Å². The van der Waals surface area contributed by atoms with Gasteiger partial charge in [-0.15, -0.1) is 0 Å². The zero-order valence-corrected chi connectivity index (χ0v) is 11.5. The van der Waals surface area contributed by atoms with Crippen molar-refractivity contribution >= 4 is 11.9 Å². The molecule has 5 nitrogen and oxygen atoms in total. The highest BCUT2D eigenvalue weighted by atomic mass is 16.4. The second-order valence-corrected chi connectivity index (χ2v) is 5.77. The lowest BCUT2D eigenvalue weighted by molar-refractivity contribution is -0.145. The van der Waals surface area contributed by atoms with Crippen molar-refractivity contribution in [2.24, 2.45) is 5.41 Å². The lowest BCUT2D eigenvalue weighted by Gasteiger charge is -2.32. The van der Waals surface area contributed by atoms with Gasteiger partial charge in [-0.05, 0) is 25.8 Å². The molecule has 0 aromatic rings. The van der Waals surface area contributed by atoms with Crippen LogP contribution in [0.15, 0.2) is 0 Å². The first kappa shape index (κ1) is 15.9. The van der Waals surface area contributed by atoms with E-state index in [-0.39, 0.29) is 5.91 Å². The molecule has 5 heteroatoms. The van der Waals surface area contributed by atoms with Crippen molar-refractivity contribution in [1.29, 1.82) is 0 Å². The first-order valence-electron chi connectivity index (χ1n) is 5.81. The fourth-order valence-corrected chi connectivity index (χ4v) is 1.48. The van der Waals surface area contributed by atoms with Gasteiger partial charge < -0.3 is 15.7 Å². The first-order chi connectivity index (χ1) is 7.52. The van der Waals surface area contributed by atoms with Gasteiger partial charge >= 0.3 is 5.97 Å². The molecule has 0 aliphatic rings. The fraction of sp³-hybridized carbons (Fsp3) is 0.833. The number of hydrogen-bond donors (Lipinski definition) is 3. The number of carbonyl (C=O) groups is 2. The smallest absolute Gasteiger partial charge is 0.326 e. The molecule has 0 aromatic carbocycles. The van der Waals surface area contributed by atoms with E-state index in [1.54, 1.807) is 34.6 Å².